The number of nitrogens with zero attached hydrogens (tertiary/aromatic N) is 2. The molecular formula is C38H31N3O4S. The maximum Gasteiger partial charge on any atom is 0.271 e. The van der Waals surface area contributed by atoms with Gasteiger partial charge in [-0.25, -0.2) is 4.99 Å². The summed E-state index contributed by atoms with van der Waals surface area (Å²) >= 11 is 1.42. The second-order valence-electron chi connectivity index (χ2n) is 11.4. The summed E-state index contributed by atoms with van der Waals surface area (Å²) < 4.78 is 19.4. The van der Waals surface area contributed by atoms with E-state index in [1.807, 2.05) is 59.2 Å². The van der Waals surface area contributed by atoms with E-state index in [1.54, 1.807) is 21.3 Å². The zero-order valence-electron chi connectivity index (χ0n) is 25.7. The molecule has 2 aromatic heterocycles. The normalized spacial score (nSPS) is 15.6. The Kier molecular flexibility index (Phi) is 6.87. The van der Waals surface area contributed by atoms with Crippen molar-refractivity contribution in [1.29, 1.82) is 0 Å². The van der Waals surface area contributed by atoms with Gasteiger partial charge >= 0.3 is 0 Å². The summed E-state index contributed by atoms with van der Waals surface area (Å²) in [4.78, 5) is 24.1. The highest BCUT2D eigenvalue weighted by Crippen LogP contribution is 2.43. The number of ether oxygens (including phenoxy) is 3. The molecule has 0 bridgehead atoms. The van der Waals surface area contributed by atoms with Crippen molar-refractivity contribution in [3.05, 3.63) is 139 Å². The van der Waals surface area contributed by atoms with E-state index in [1.165, 1.54) is 16.9 Å². The van der Waals surface area contributed by atoms with Crippen LogP contribution in [0.25, 0.3) is 33.9 Å². The number of aryl methyl sites for hydroxylation is 1. The van der Waals surface area contributed by atoms with Crippen LogP contribution in [0.5, 0.6) is 17.2 Å². The maximum atomic E-state index is 14.6. The van der Waals surface area contributed by atoms with Gasteiger partial charge in [-0.1, -0.05) is 84.1 Å². The number of allylic oxidation sites excluding steroid dienone is 1. The van der Waals surface area contributed by atoms with Crippen molar-refractivity contribution in [2.75, 3.05) is 21.3 Å². The first kappa shape index (κ1) is 28.2. The van der Waals surface area contributed by atoms with Crippen molar-refractivity contribution in [3.63, 3.8) is 0 Å². The maximum absolute atomic E-state index is 14.6. The summed E-state index contributed by atoms with van der Waals surface area (Å²) in [5.74, 6) is 2.01. The Morgan fingerprint density at radius 1 is 0.848 bits per heavy atom. The molecule has 0 spiro atoms. The van der Waals surface area contributed by atoms with Gasteiger partial charge in [0.25, 0.3) is 5.56 Å². The van der Waals surface area contributed by atoms with Crippen molar-refractivity contribution in [2.45, 2.75) is 18.9 Å². The Balaban J connectivity index is 1.40. The van der Waals surface area contributed by atoms with Gasteiger partial charge < -0.3 is 19.2 Å². The molecule has 8 heteroatoms. The van der Waals surface area contributed by atoms with Crippen LogP contribution < -0.4 is 29.1 Å². The van der Waals surface area contributed by atoms with Gasteiger partial charge in [0, 0.05) is 16.5 Å². The minimum absolute atomic E-state index is 0.0785. The zero-order chi connectivity index (χ0) is 31.4. The molecular weight excluding hydrogens is 595 g/mol. The lowest BCUT2D eigenvalue weighted by Crippen LogP contribution is -2.38. The van der Waals surface area contributed by atoms with Crippen LogP contribution in [0.2, 0.25) is 0 Å². The number of benzene rings is 4. The molecule has 7 nitrogen and oxygen atoms in total. The minimum atomic E-state index is -0.335. The number of aromatic nitrogens is 2. The van der Waals surface area contributed by atoms with Gasteiger partial charge in [0.15, 0.2) is 16.3 Å². The van der Waals surface area contributed by atoms with Gasteiger partial charge in [0.2, 0.25) is 0 Å². The van der Waals surface area contributed by atoms with E-state index in [9.17, 15) is 4.79 Å². The van der Waals surface area contributed by atoms with E-state index >= 15 is 0 Å². The van der Waals surface area contributed by atoms with E-state index in [0.29, 0.717) is 20.8 Å². The molecule has 3 heterocycles. The fourth-order valence-electron chi connectivity index (χ4n) is 6.84. The van der Waals surface area contributed by atoms with Crippen molar-refractivity contribution >= 4 is 34.0 Å². The van der Waals surface area contributed by atoms with Crippen LogP contribution in [-0.2, 0) is 6.42 Å². The first-order valence-electron chi connectivity index (χ1n) is 15.2. The number of rotatable bonds is 6. The summed E-state index contributed by atoms with van der Waals surface area (Å²) in [5.41, 5.74) is 9.13. The molecule has 228 valence electrons. The van der Waals surface area contributed by atoms with Crippen LogP contribution in [0, 0.1) is 0 Å². The van der Waals surface area contributed by atoms with Gasteiger partial charge in [-0.15, -0.1) is 0 Å². The Morgan fingerprint density at radius 3 is 2.43 bits per heavy atom. The molecule has 46 heavy (non-hydrogen) atoms. The molecule has 8 rings (SSSR count). The third-order valence-electron chi connectivity index (χ3n) is 8.99. The van der Waals surface area contributed by atoms with Gasteiger partial charge in [0.1, 0.15) is 5.75 Å². The molecule has 1 aliphatic carbocycles. The van der Waals surface area contributed by atoms with E-state index in [4.69, 9.17) is 19.2 Å². The Hall–Kier alpha value is -5.34. The van der Waals surface area contributed by atoms with Crippen molar-refractivity contribution < 1.29 is 14.2 Å². The third-order valence-corrected chi connectivity index (χ3v) is 9.97. The van der Waals surface area contributed by atoms with Gasteiger partial charge in [0.05, 0.1) is 48.8 Å². The predicted octanol–water partition coefficient (Wildman–Crippen LogP) is 6.49. The second-order valence-corrected chi connectivity index (χ2v) is 12.4. The van der Waals surface area contributed by atoms with Crippen LogP contribution in [0.1, 0.15) is 34.7 Å². The molecule has 1 aliphatic heterocycles. The molecule has 0 radical (unpaired) electrons. The summed E-state index contributed by atoms with van der Waals surface area (Å²) in [6.07, 6.45) is 3.70. The van der Waals surface area contributed by atoms with E-state index in [2.05, 4.69) is 47.4 Å². The standard InChI is InChI=1S/C38H31N3O4S/c1-43-29-19-17-24(20-31(29)45-3)36-27-18-16-22-10-7-8-13-25(22)34(27)40-38-41(36)37(42)32(46-38)21-28-26-14-9-15-30(44-2)35(26)39-33(28)23-11-5-4-6-12-23/h4-15,17,19-21,36,39H,16,18H2,1-3H3/b32-21+/t36-/m0/s1. The van der Waals surface area contributed by atoms with Gasteiger partial charge in [-0.3, -0.25) is 9.36 Å². The SMILES string of the molecule is COc1ccc([C@H]2C3=C(N=c4s/c(=C/c5c(-c6ccccc6)[nH]c6c(OC)cccc56)c(=O)n42)c2ccccc2CC3)cc1OC. The first-order valence-corrected chi connectivity index (χ1v) is 16.0. The number of hydrogen-bond donors (Lipinski definition) is 1. The molecule has 0 saturated carbocycles. The number of methoxy groups -OCH3 is 3. The van der Waals surface area contributed by atoms with Crippen LogP contribution >= 0.6 is 11.3 Å². The summed E-state index contributed by atoms with van der Waals surface area (Å²) in [7, 11) is 4.93. The van der Waals surface area contributed by atoms with Crippen molar-refractivity contribution in [3.8, 4) is 28.5 Å². The lowest BCUT2D eigenvalue weighted by atomic mass is 9.83. The second kappa shape index (κ2) is 11.2. The van der Waals surface area contributed by atoms with Crippen LogP contribution in [-0.4, -0.2) is 30.9 Å². The topological polar surface area (TPSA) is 77.8 Å². The van der Waals surface area contributed by atoms with Gasteiger partial charge in [-0.05, 0) is 59.4 Å². The van der Waals surface area contributed by atoms with Crippen molar-refractivity contribution in [1.82, 2.24) is 9.55 Å². The number of para-hydroxylation sites is 1. The highest BCUT2D eigenvalue weighted by molar-refractivity contribution is 7.07. The van der Waals surface area contributed by atoms with Crippen LogP contribution in [0.15, 0.2) is 106 Å². The summed E-state index contributed by atoms with van der Waals surface area (Å²) in [5, 5.41) is 0.980. The molecule has 0 fully saturated rings. The lowest BCUT2D eigenvalue weighted by Gasteiger charge is -2.31. The molecule has 0 unspecified atom stereocenters. The fraction of sp³-hybridized carbons (Fsp3) is 0.158. The zero-order valence-corrected chi connectivity index (χ0v) is 26.5. The number of fused-ring (bicyclic) bond motifs is 4. The highest BCUT2D eigenvalue weighted by Gasteiger charge is 2.33. The molecule has 0 amide bonds. The van der Waals surface area contributed by atoms with E-state index in [0.717, 1.165) is 68.7 Å². The number of nitrogens with one attached hydrogen (secondary N) is 1. The van der Waals surface area contributed by atoms with E-state index < -0.39 is 0 Å². The largest absolute Gasteiger partial charge is 0.495 e. The van der Waals surface area contributed by atoms with Crippen molar-refractivity contribution in [2.24, 2.45) is 4.99 Å². The van der Waals surface area contributed by atoms with Crippen LogP contribution in [0.4, 0.5) is 0 Å². The van der Waals surface area contributed by atoms with Crippen LogP contribution in [0.3, 0.4) is 0 Å². The first-order chi connectivity index (χ1) is 22.6. The molecule has 1 N–H and O–H groups in total. The average Bonchev–Trinajstić information content (AvgIpc) is 3.64. The Labute approximate surface area is 269 Å². The number of aromatic amines is 1. The predicted molar refractivity (Wildman–Crippen MR) is 183 cm³/mol. The number of H-pyrrole nitrogens is 1. The molecule has 1 atom stereocenters. The smallest absolute Gasteiger partial charge is 0.271 e. The van der Waals surface area contributed by atoms with Gasteiger partial charge in [-0.2, -0.15) is 0 Å². The Bertz CT molecular complexity index is 2370. The molecule has 6 aromatic rings. The Morgan fingerprint density at radius 2 is 1.63 bits per heavy atom. The van der Waals surface area contributed by atoms with E-state index in [-0.39, 0.29) is 11.6 Å². The summed E-state index contributed by atoms with van der Waals surface area (Å²) in [6.45, 7) is 0. The third kappa shape index (κ3) is 4.40. The number of hydrogen-bond acceptors (Lipinski definition) is 6. The molecule has 4 aromatic carbocycles. The molecule has 2 aliphatic rings. The highest BCUT2D eigenvalue weighted by atomic mass is 32.1. The summed E-state index contributed by atoms with van der Waals surface area (Å²) in [6, 6.07) is 30.2. The fourth-order valence-corrected chi connectivity index (χ4v) is 7.82. The average molecular weight is 626 g/mol. The number of thiazole rings is 1. The monoisotopic (exact) mass is 625 g/mol. The minimum Gasteiger partial charge on any atom is -0.495 e. The molecule has 0 saturated heterocycles. The lowest BCUT2D eigenvalue weighted by molar-refractivity contribution is 0.354. The quantitative estimate of drug-likeness (QED) is 0.230.